The lowest BCUT2D eigenvalue weighted by atomic mass is 9.97. The summed E-state index contributed by atoms with van der Waals surface area (Å²) in [4.78, 5) is 2.68. The number of nitrogens with one attached hydrogen (secondary N) is 1. The third kappa shape index (κ3) is 3.92. The molecule has 1 saturated carbocycles. The highest BCUT2D eigenvalue weighted by Crippen LogP contribution is 2.37. The van der Waals surface area contributed by atoms with Crippen molar-refractivity contribution in [1.29, 1.82) is 0 Å². The smallest absolute Gasteiger partial charge is 0.0595 e. The predicted octanol–water partition coefficient (Wildman–Crippen LogP) is 4.52. The van der Waals surface area contributed by atoms with Crippen molar-refractivity contribution in [3.05, 3.63) is 33.8 Å². The number of hydrogen-bond donors (Lipinski definition) is 1. The van der Waals surface area contributed by atoms with Gasteiger partial charge in [0, 0.05) is 18.6 Å². The summed E-state index contributed by atoms with van der Waals surface area (Å²) in [7, 11) is 0. The van der Waals surface area contributed by atoms with Crippen LogP contribution in [0.2, 0.25) is 10.0 Å². The lowest BCUT2D eigenvalue weighted by molar-refractivity contribution is 0.154. The van der Waals surface area contributed by atoms with Gasteiger partial charge >= 0.3 is 0 Å². The summed E-state index contributed by atoms with van der Waals surface area (Å²) in [5, 5.41) is 4.83. The van der Waals surface area contributed by atoms with Crippen LogP contribution in [0.1, 0.15) is 44.2 Å². The SMILES string of the molecule is CC(c1ccc(Cl)c(Cl)c1)N(CC1CCCNC1)C1CC1. The molecule has 116 valence electrons. The second-order valence-electron chi connectivity index (χ2n) is 6.49. The van der Waals surface area contributed by atoms with E-state index in [2.05, 4.69) is 23.2 Å². The van der Waals surface area contributed by atoms with Crippen molar-refractivity contribution in [2.45, 2.75) is 44.7 Å². The van der Waals surface area contributed by atoms with Gasteiger partial charge in [-0.3, -0.25) is 4.90 Å². The number of piperidine rings is 1. The van der Waals surface area contributed by atoms with Crippen LogP contribution in [0.25, 0.3) is 0 Å². The van der Waals surface area contributed by atoms with Crippen molar-refractivity contribution in [2.75, 3.05) is 19.6 Å². The lowest BCUT2D eigenvalue weighted by Crippen LogP contribution is -2.40. The standard InChI is InChI=1S/C17H24Cl2N2/c1-12(14-4-7-16(18)17(19)9-14)21(15-5-6-15)11-13-3-2-8-20-10-13/h4,7,9,12-13,15,20H,2-3,5-6,8,10-11H2,1H3. The molecular weight excluding hydrogens is 303 g/mol. The fourth-order valence-corrected chi connectivity index (χ4v) is 3.68. The van der Waals surface area contributed by atoms with Crippen LogP contribution < -0.4 is 5.32 Å². The van der Waals surface area contributed by atoms with E-state index in [1.54, 1.807) is 0 Å². The van der Waals surface area contributed by atoms with Gasteiger partial charge in [-0.15, -0.1) is 0 Å². The molecule has 1 aliphatic heterocycles. The van der Waals surface area contributed by atoms with Crippen molar-refractivity contribution in [3.8, 4) is 0 Å². The van der Waals surface area contributed by atoms with Crippen LogP contribution in [0, 0.1) is 5.92 Å². The fraction of sp³-hybridized carbons (Fsp3) is 0.647. The molecular formula is C17H24Cl2N2. The molecule has 4 heteroatoms. The molecule has 2 unspecified atom stereocenters. The van der Waals surface area contributed by atoms with Crippen molar-refractivity contribution >= 4 is 23.2 Å². The largest absolute Gasteiger partial charge is 0.316 e. The van der Waals surface area contributed by atoms with Crippen LogP contribution >= 0.6 is 23.2 Å². The minimum absolute atomic E-state index is 0.411. The van der Waals surface area contributed by atoms with Crippen molar-refractivity contribution in [3.63, 3.8) is 0 Å². The first kappa shape index (κ1) is 15.6. The minimum atomic E-state index is 0.411. The van der Waals surface area contributed by atoms with E-state index >= 15 is 0 Å². The molecule has 1 N–H and O–H groups in total. The highest BCUT2D eigenvalue weighted by molar-refractivity contribution is 6.42. The first-order chi connectivity index (χ1) is 10.1. The summed E-state index contributed by atoms with van der Waals surface area (Å²) < 4.78 is 0. The molecule has 2 atom stereocenters. The third-order valence-corrected chi connectivity index (χ3v) is 5.55. The van der Waals surface area contributed by atoms with E-state index in [-0.39, 0.29) is 0 Å². The van der Waals surface area contributed by atoms with Gasteiger partial charge in [-0.2, -0.15) is 0 Å². The summed E-state index contributed by atoms with van der Waals surface area (Å²) in [6.45, 7) is 5.84. The van der Waals surface area contributed by atoms with Gasteiger partial charge in [-0.25, -0.2) is 0 Å². The van der Waals surface area contributed by atoms with Gasteiger partial charge in [0.05, 0.1) is 10.0 Å². The van der Waals surface area contributed by atoms with E-state index in [0.29, 0.717) is 16.1 Å². The Balaban J connectivity index is 1.71. The molecule has 1 aromatic carbocycles. The molecule has 2 aliphatic rings. The van der Waals surface area contributed by atoms with E-state index in [0.717, 1.165) is 18.5 Å². The third-order valence-electron chi connectivity index (χ3n) is 4.81. The fourth-order valence-electron chi connectivity index (χ4n) is 3.37. The Hall–Kier alpha value is -0.280. The zero-order valence-electron chi connectivity index (χ0n) is 12.6. The summed E-state index contributed by atoms with van der Waals surface area (Å²) in [5.74, 6) is 0.782. The maximum absolute atomic E-state index is 6.19. The van der Waals surface area contributed by atoms with Crippen LogP contribution in [0.5, 0.6) is 0 Å². The van der Waals surface area contributed by atoms with Crippen LogP contribution in [0.3, 0.4) is 0 Å². The second kappa shape index (κ2) is 6.87. The first-order valence-electron chi connectivity index (χ1n) is 8.06. The van der Waals surface area contributed by atoms with E-state index in [1.807, 2.05) is 12.1 Å². The van der Waals surface area contributed by atoms with Crippen LogP contribution in [-0.2, 0) is 0 Å². The van der Waals surface area contributed by atoms with Gasteiger partial charge in [0.2, 0.25) is 0 Å². The molecule has 0 amide bonds. The molecule has 2 nitrogen and oxygen atoms in total. The zero-order valence-corrected chi connectivity index (χ0v) is 14.1. The number of rotatable bonds is 5. The molecule has 0 aromatic heterocycles. The Morgan fingerprint density at radius 2 is 2.05 bits per heavy atom. The van der Waals surface area contributed by atoms with Crippen molar-refractivity contribution in [2.24, 2.45) is 5.92 Å². The van der Waals surface area contributed by atoms with Crippen LogP contribution in [-0.4, -0.2) is 30.6 Å². The average molecular weight is 327 g/mol. The summed E-state index contributed by atoms with van der Waals surface area (Å²) >= 11 is 12.2. The minimum Gasteiger partial charge on any atom is -0.316 e. The molecule has 21 heavy (non-hydrogen) atoms. The molecule has 1 aliphatic carbocycles. The van der Waals surface area contributed by atoms with E-state index in [1.165, 1.54) is 44.3 Å². The van der Waals surface area contributed by atoms with Gasteiger partial charge < -0.3 is 5.32 Å². The van der Waals surface area contributed by atoms with E-state index in [9.17, 15) is 0 Å². The van der Waals surface area contributed by atoms with Gasteiger partial charge in [-0.1, -0.05) is 29.3 Å². The van der Waals surface area contributed by atoms with E-state index < -0.39 is 0 Å². The normalized spacial score (nSPS) is 24.3. The van der Waals surface area contributed by atoms with Gasteiger partial charge in [0.25, 0.3) is 0 Å². The topological polar surface area (TPSA) is 15.3 Å². The summed E-state index contributed by atoms with van der Waals surface area (Å²) in [6, 6.07) is 7.24. The maximum Gasteiger partial charge on any atom is 0.0595 e. The quantitative estimate of drug-likeness (QED) is 0.855. The molecule has 1 saturated heterocycles. The first-order valence-corrected chi connectivity index (χ1v) is 8.82. The van der Waals surface area contributed by atoms with Crippen molar-refractivity contribution in [1.82, 2.24) is 10.2 Å². The highest BCUT2D eigenvalue weighted by Gasteiger charge is 2.34. The van der Waals surface area contributed by atoms with E-state index in [4.69, 9.17) is 23.2 Å². The maximum atomic E-state index is 6.19. The Morgan fingerprint density at radius 3 is 2.67 bits per heavy atom. The Bertz CT molecular complexity index is 482. The second-order valence-corrected chi connectivity index (χ2v) is 7.30. The number of nitrogens with zero attached hydrogens (tertiary/aromatic N) is 1. The number of halogens is 2. The predicted molar refractivity (Wildman–Crippen MR) is 90.2 cm³/mol. The van der Waals surface area contributed by atoms with Crippen molar-refractivity contribution < 1.29 is 0 Å². The summed E-state index contributed by atoms with van der Waals surface area (Å²) in [5.41, 5.74) is 1.28. The molecule has 1 aromatic rings. The lowest BCUT2D eigenvalue weighted by Gasteiger charge is -2.34. The van der Waals surface area contributed by atoms with Gasteiger partial charge in [0.1, 0.15) is 0 Å². The molecule has 0 spiro atoms. The van der Waals surface area contributed by atoms with Crippen LogP contribution in [0.4, 0.5) is 0 Å². The Labute approximate surface area is 137 Å². The Morgan fingerprint density at radius 1 is 1.24 bits per heavy atom. The average Bonchev–Trinajstić information content (AvgIpc) is 3.33. The molecule has 3 rings (SSSR count). The number of benzene rings is 1. The number of hydrogen-bond acceptors (Lipinski definition) is 2. The van der Waals surface area contributed by atoms with Crippen LogP contribution in [0.15, 0.2) is 18.2 Å². The Kier molecular flexibility index (Phi) is 5.11. The van der Waals surface area contributed by atoms with Gasteiger partial charge in [0.15, 0.2) is 0 Å². The monoisotopic (exact) mass is 326 g/mol. The molecule has 2 fully saturated rings. The molecule has 1 heterocycles. The highest BCUT2D eigenvalue weighted by atomic mass is 35.5. The molecule has 0 radical (unpaired) electrons. The van der Waals surface area contributed by atoms with Gasteiger partial charge in [-0.05, 0) is 69.3 Å². The molecule has 0 bridgehead atoms. The zero-order chi connectivity index (χ0) is 14.8. The summed E-state index contributed by atoms with van der Waals surface area (Å²) in [6.07, 6.45) is 5.34.